The van der Waals surface area contributed by atoms with Gasteiger partial charge in [-0.15, -0.1) is 0 Å². The Morgan fingerprint density at radius 3 is 2.75 bits per heavy atom. The van der Waals surface area contributed by atoms with E-state index in [2.05, 4.69) is 4.98 Å². The number of aliphatic hydroxyl groups excluding tert-OH is 1. The Morgan fingerprint density at radius 2 is 2.25 bits per heavy atom. The van der Waals surface area contributed by atoms with E-state index in [4.69, 9.17) is 5.14 Å². The average molecular weight is 248 g/mol. The first-order chi connectivity index (χ1) is 7.38. The van der Waals surface area contributed by atoms with Crippen LogP contribution in [0.2, 0.25) is 0 Å². The summed E-state index contributed by atoms with van der Waals surface area (Å²) in [5.74, 6) is 0. The van der Waals surface area contributed by atoms with Crippen LogP contribution in [0.4, 0.5) is 4.39 Å². The number of primary sulfonamides is 1. The normalized spacial score (nSPS) is 15.8. The molecule has 5 nitrogen and oxygen atoms in total. The molecule has 0 saturated heterocycles. The van der Waals surface area contributed by atoms with E-state index in [9.17, 15) is 17.9 Å². The van der Waals surface area contributed by atoms with Gasteiger partial charge in [0.05, 0.1) is 5.69 Å². The zero-order valence-electron chi connectivity index (χ0n) is 8.67. The first-order valence-electron chi connectivity index (χ1n) is 4.67. The monoisotopic (exact) mass is 248 g/mol. The molecule has 0 aliphatic rings. The molecule has 0 saturated carbocycles. The summed E-state index contributed by atoms with van der Waals surface area (Å²) in [6.45, 7) is 1.54. The van der Waals surface area contributed by atoms with Crippen molar-refractivity contribution in [3.63, 3.8) is 0 Å². The molecule has 0 aromatic carbocycles. The first-order valence-corrected chi connectivity index (χ1v) is 6.22. The van der Waals surface area contributed by atoms with Gasteiger partial charge >= 0.3 is 0 Å². The van der Waals surface area contributed by atoms with Crippen molar-refractivity contribution in [2.45, 2.75) is 30.5 Å². The summed E-state index contributed by atoms with van der Waals surface area (Å²) >= 11 is 0. The Hall–Kier alpha value is -1.05. The summed E-state index contributed by atoms with van der Waals surface area (Å²) in [7, 11) is -4.01. The number of rotatable bonds is 4. The predicted molar refractivity (Wildman–Crippen MR) is 55.8 cm³/mol. The van der Waals surface area contributed by atoms with Crippen molar-refractivity contribution in [2.75, 3.05) is 0 Å². The van der Waals surface area contributed by atoms with Gasteiger partial charge in [0.15, 0.2) is 0 Å². The minimum Gasteiger partial charge on any atom is -0.384 e. The molecule has 0 amide bonds. The standard InChI is InChI=1S/C9H13FN2O3S/c1-2-6(10)9(13)8-7(16(11,14)15)4-3-5-12-8/h3-6,9,13H,2H2,1H3,(H2,11,14,15). The molecule has 7 heteroatoms. The number of alkyl halides is 1. The highest BCUT2D eigenvalue weighted by Crippen LogP contribution is 2.24. The Bertz CT molecular complexity index is 464. The summed E-state index contributed by atoms with van der Waals surface area (Å²) in [4.78, 5) is 3.32. The fraction of sp³-hybridized carbons (Fsp3) is 0.444. The van der Waals surface area contributed by atoms with Crippen molar-refractivity contribution >= 4 is 10.0 Å². The molecule has 1 aromatic heterocycles. The van der Waals surface area contributed by atoms with Gasteiger partial charge in [-0.2, -0.15) is 0 Å². The molecule has 2 unspecified atom stereocenters. The van der Waals surface area contributed by atoms with Crippen molar-refractivity contribution in [3.05, 3.63) is 24.0 Å². The molecule has 0 aliphatic carbocycles. The van der Waals surface area contributed by atoms with Gasteiger partial charge in [-0.1, -0.05) is 6.92 Å². The second kappa shape index (κ2) is 4.86. The van der Waals surface area contributed by atoms with E-state index in [0.29, 0.717) is 0 Å². The smallest absolute Gasteiger partial charge is 0.239 e. The Morgan fingerprint density at radius 1 is 1.62 bits per heavy atom. The highest BCUT2D eigenvalue weighted by Gasteiger charge is 2.26. The largest absolute Gasteiger partial charge is 0.384 e. The predicted octanol–water partition coefficient (Wildman–Crippen LogP) is 0.511. The number of sulfonamides is 1. The lowest BCUT2D eigenvalue weighted by molar-refractivity contribution is 0.0695. The molecule has 3 N–H and O–H groups in total. The van der Waals surface area contributed by atoms with Crippen molar-refractivity contribution in [1.29, 1.82) is 0 Å². The maximum Gasteiger partial charge on any atom is 0.239 e. The third-order valence-corrected chi connectivity index (χ3v) is 3.08. The van der Waals surface area contributed by atoms with Crippen LogP contribution in [-0.4, -0.2) is 24.7 Å². The van der Waals surface area contributed by atoms with Crippen LogP contribution in [0.25, 0.3) is 0 Å². The highest BCUT2D eigenvalue weighted by atomic mass is 32.2. The van der Waals surface area contributed by atoms with Crippen LogP contribution in [0.1, 0.15) is 25.1 Å². The minimum absolute atomic E-state index is 0.0573. The van der Waals surface area contributed by atoms with E-state index in [1.165, 1.54) is 25.3 Å². The quantitative estimate of drug-likeness (QED) is 0.811. The van der Waals surface area contributed by atoms with Crippen LogP contribution in [0.15, 0.2) is 23.2 Å². The lowest BCUT2D eigenvalue weighted by Gasteiger charge is -2.15. The Balaban J connectivity index is 3.24. The van der Waals surface area contributed by atoms with Crippen LogP contribution in [-0.2, 0) is 10.0 Å². The fourth-order valence-electron chi connectivity index (χ4n) is 1.26. The molecular weight excluding hydrogens is 235 g/mol. The Labute approximate surface area is 93.2 Å². The number of aliphatic hydroxyl groups is 1. The van der Waals surface area contributed by atoms with E-state index in [-0.39, 0.29) is 17.0 Å². The lowest BCUT2D eigenvalue weighted by Crippen LogP contribution is -2.21. The molecule has 0 fully saturated rings. The SMILES string of the molecule is CCC(F)C(O)c1ncccc1S(N)(=O)=O. The van der Waals surface area contributed by atoms with Gasteiger partial charge < -0.3 is 5.11 Å². The number of nitrogens with two attached hydrogens (primary N) is 1. The zero-order valence-corrected chi connectivity index (χ0v) is 9.48. The molecule has 1 rings (SSSR count). The molecule has 1 aromatic rings. The number of hydrogen-bond acceptors (Lipinski definition) is 4. The van der Waals surface area contributed by atoms with Gasteiger partial charge in [-0.25, -0.2) is 17.9 Å². The second-order valence-corrected chi connectivity index (χ2v) is 4.83. The highest BCUT2D eigenvalue weighted by molar-refractivity contribution is 7.89. The van der Waals surface area contributed by atoms with E-state index in [1.807, 2.05) is 0 Å². The second-order valence-electron chi connectivity index (χ2n) is 3.30. The van der Waals surface area contributed by atoms with Crippen LogP contribution in [0.3, 0.4) is 0 Å². The topological polar surface area (TPSA) is 93.3 Å². The molecule has 90 valence electrons. The van der Waals surface area contributed by atoms with Crippen molar-refractivity contribution in [1.82, 2.24) is 4.98 Å². The van der Waals surface area contributed by atoms with Gasteiger partial charge in [0, 0.05) is 6.20 Å². The van der Waals surface area contributed by atoms with E-state index < -0.39 is 22.3 Å². The van der Waals surface area contributed by atoms with Crippen molar-refractivity contribution in [3.8, 4) is 0 Å². The van der Waals surface area contributed by atoms with E-state index in [1.54, 1.807) is 0 Å². The van der Waals surface area contributed by atoms with Gasteiger partial charge in [0.25, 0.3) is 0 Å². The summed E-state index contributed by atoms with van der Waals surface area (Å²) in [6.07, 6.45) is -1.83. The molecule has 0 spiro atoms. The van der Waals surface area contributed by atoms with Crippen LogP contribution in [0, 0.1) is 0 Å². The molecule has 0 bridgehead atoms. The third-order valence-electron chi connectivity index (χ3n) is 2.12. The molecule has 0 radical (unpaired) electrons. The summed E-state index contributed by atoms with van der Waals surface area (Å²) in [6, 6.07) is 2.54. The van der Waals surface area contributed by atoms with E-state index in [0.717, 1.165) is 0 Å². The maximum absolute atomic E-state index is 13.3. The van der Waals surface area contributed by atoms with E-state index >= 15 is 0 Å². The zero-order chi connectivity index (χ0) is 12.3. The number of hydrogen-bond donors (Lipinski definition) is 2. The van der Waals surface area contributed by atoms with Crippen molar-refractivity contribution < 1.29 is 17.9 Å². The number of pyridine rings is 1. The molecule has 2 atom stereocenters. The number of aromatic nitrogens is 1. The van der Waals surface area contributed by atoms with Gasteiger partial charge in [0.2, 0.25) is 10.0 Å². The molecule has 0 aliphatic heterocycles. The van der Waals surface area contributed by atoms with Crippen LogP contribution >= 0.6 is 0 Å². The van der Waals surface area contributed by atoms with Crippen LogP contribution < -0.4 is 5.14 Å². The minimum atomic E-state index is -4.01. The number of halogens is 1. The lowest BCUT2D eigenvalue weighted by atomic mass is 10.1. The van der Waals surface area contributed by atoms with Gasteiger partial charge in [-0.3, -0.25) is 4.98 Å². The molecule has 1 heterocycles. The Kier molecular flexibility index (Phi) is 3.95. The van der Waals surface area contributed by atoms with Gasteiger partial charge in [-0.05, 0) is 18.6 Å². The van der Waals surface area contributed by atoms with Crippen molar-refractivity contribution in [2.24, 2.45) is 5.14 Å². The average Bonchev–Trinajstić information content (AvgIpc) is 2.26. The molecular formula is C9H13FN2O3S. The van der Waals surface area contributed by atoms with Crippen LogP contribution in [0.5, 0.6) is 0 Å². The first kappa shape index (κ1) is 13.0. The summed E-state index contributed by atoms with van der Waals surface area (Å²) in [5, 5.41) is 14.5. The number of nitrogens with zero attached hydrogens (tertiary/aromatic N) is 1. The summed E-state index contributed by atoms with van der Waals surface area (Å²) in [5.41, 5.74) is -0.251. The van der Waals surface area contributed by atoms with Gasteiger partial charge in [0.1, 0.15) is 17.2 Å². The summed E-state index contributed by atoms with van der Waals surface area (Å²) < 4.78 is 35.6. The third kappa shape index (κ3) is 2.75. The molecule has 16 heavy (non-hydrogen) atoms. The maximum atomic E-state index is 13.3. The fourth-order valence-corrected chi connectivity index (χ4v) is 1.99.